The van der Waals surface area contributed by atoms with Gasteiger partial charge in [-0.1, -0.05) is 18.2 Å². The summed E-state index contributed by atoms with van der Waals surface area (Å²) in [7, 11) is -10.7. The van der Waals surface area contributed by atoms with E-state index in [1.54, 1.807) is 37.2 Å². The third-order valence-electron chi connectivity index (χ3n) is 2.26. The third-order valence-corrected chi connectivity index (χ3v) is 2.26. The molecule has 5 radical (unpaired) electrons. The SMILES string of the molecule is F[P-](F)(F)(F)(F)F.[CH]1[CH][CH][CH][CH]1.[Os+2].c1ccncc1.c1ccncc1.c1ccncc1. The normalized spacial score (nSPS) is 13.7. The molecule has 0 aliphatic heterocycles. The predicted molar refractivity (Wildman–Crippen MR) is 108 cm³/mol. The van der Waals surface area contributed by atoms with E-state index in [1.807, 2.05) is 86.7 Å². The van der Waals surface area contributed by atoms with Crippen LogP contribution in [0.2, 0.25) is 0 Å². The van der Waals surface area contributed by atoms with Crippen molar-refractivity contribution in [3.05, 3.63) is 124 Å². The number of nitrogens with zero attached hydrogens (tertiary/aromatic N) is 3. The molecule has 11 heteroatoms. The van der Waals surface area contributed by atoms with Crippen molar-refractivity contribution in [2.45, 2.75) is 0 Å². The van der Waals surface area contributed by atoms with Crippen molar-refractivity contribution >= 4 is 7.81 Å². The van der Waals surface area contributed by atoms with Crippen LogP contribution in [0.15, 0.2) is 91.8 Å². The minimum Gasteiger partial charge on any atom is -0.265 e. The van der Waals surface area contributed by atoms with Crippen LogP contribution in [-0.2, 0) is 19.8 Å². The quantitative estimate of drug-likeness (QED) is 0.188. The molecule has 169 valence electrons. The average molecular weight is 638 g/mol. The van der Waals surface area contributed by atoms with Gasteiger partial charge in [0.05, 0.1) is 0 Å². The van der Waals surface area contributed by atoms with Gasteiger partial charge in [0.2, 0.25) is 0 Å². The molecule has 1 aliphatic carbocycles. The van der Waals surface area contributed by atoms with Gasteiger partial charge in [-0.25, -0.2) is 0 Å². The van der Waals surface area contributed by atoms with Gasteiger partial charge < -0.3 is 0 Å². The van der Waals surface area contributed by atoms with Crippen LogP contribution in [0, 0.1) is 32.1 Å². The molecule has 3 aromatic heterocycles. The Morgan fingerprint density at radius 3 is 0.581 bits per heavy atom. The van der Waals surface area contributed by atoms with Crippen LogP contribution in [0.5, 0.6) is 0 Å². The Kier molecular flexibility index (Phi) is 16.0. The van der Waals surface area contributed by atoms with E-state index in [0.717, 1.165) is 0 Å². The van der Waals surface area contributed by atoms with Crippen molar-refractivity contribution in [2.24, 2.45) is 0 Å². The average Bonchev–Trinajstić information content (AvgIpc) is 3.31. The molecule has 1 saturated carbocycles. The van der Waals surface area contributed by atoms with Crippen LogP contribution in [-0.4, -0.2) is 15.0 Å². The molecule has 1 aliphatic rings. The first-order valence-electron chi connectivity index (χ1n) is 8.23. The number of hydrogen-bond donors (Lipinski definition) is 0. The van der Waals surface area contributed by atoms with Crippen molar-refractivity contribution in [1.82, 2.24) is 15.0 Å². The smallest absolute Gasteiger partial charge is 0.265 e. The fourth-order valence-electron chi connectivity index (χ4n) is 1.26. The Morgan fingerprint density at radius 2 is 0.516 bits per heavy atom. The second kappa shape index (κ2) is 15.8. The standard InChI is InChI=1S/3C5H5N.C5H5.F6P.Os/c3*1-2-4-6-5-3-1;1-2-4-5-3-1;1-7(2,3,4,5)6;/h3*1-5H;1-5H;;/q;;;;-1;+2. The van der Waals surface area contributed by atoms with Crippen molar-refractivity contribution in [1.29, 1.82) is 0 Å². The van der Waals surface area contributed by atoms with Crippen molar-refractivity contribution in [3.8, 4) is 0 Å². The third kappa shape index (κ3) is 43.0. The summed E-state index contributed by atoms with van der Waals surface area (Å²) in [5, 5.41) is 0. The largest absolute Gasteiger partial charge is 2.00 e. The Morgan fingerprint density at radius 1 is 0.355 bits per heavy atom. The molecule has 3 aromatic rings. The molecule has 4 rings (SSSR count). The topological polar surface area (TPSA) is 38.7 Å². The first kappa shape index (κ1) is 31.3. The summed E-state index contributed by atoms with van der Waals surface area (Å²) in [5.74, 6) is 0. The zero-order chi connectivity index (χ0) is 22.7. The van der Waals surface area contributed by atoms with Crippen LogP contribution in [0.1, 0.15) is 0 Å². The van der Waals surface area contributed by atoms with E-state index in [-0.39, 0.29) is 19.8 Å². The van der Waals surface area contributed by atoms with E-state index in [9.17, 15) is 25.2 Å². The number of halogens is 6. The minimum absolute atomic E-state index is 0. The summed E-state index contributed by atoms with van der Waals surface area (Å²) in [6, 6.07) is 17.1. The van der Waals surface area contributed by atoms with E-state index in [1.165, 1.54) is 0 Å². The Hall–Kier alpha value is -1.90. The number of pyridine rings is 3. The van der Waals surface area contributed by atoms with Crippen molar-refractivity contribution in [2.75, 3.05) is 0 Å². The molecular weight excluding hydrogens is 617 g/mol. The van der Waals surface area contributed by atoms with Gasteiger partial charge in [-0.05, 0) is 68.5 Å². The Labute approximate surface area is 191 Å². The fourth-order valence-corrected chi connectivity index (χ4v) is 1.26. The maximum Gasteiger partial charge on any atom is 2.00 e. The van der Waals surface area contributed by atoms with Crippen LogP contribution in [0.25, 0.3) is 0 Å². The maximum absolute atomic E-state index is 10.7. The van der Waals surface area contributed by atoms with E-state index >= 15 is 0 Å². The molecule has 31 heavy (non-hydrogen) atoms. The summed E-state index contributed by atoms with van der Waals surface area (Å²) in [6.45, 7) is 0. The first-order valence-corrected chi connectivity index (χ1v) is 10.3. The number of rotatable bonds is 0. The second-order valence-electron chi connectivity index (χ2n) is 4.99. The predicted octanol–water partition coefficient (Wildman–Crippen LogP) is 7.65. The van der Waals surface area contributed by atoms with E-state index in [0.29, 0.717) is 0 Å². The first-order chi connectivity index (χ1) is 13.9. The van der Waals surface area contributed by atoms with E-state index < -0.39 is 7.81 Å². The van der Waals surface area contributed by atoms with Gasteiger partial charge in [0.1, 0.15) is 0 Å². The number of aromatic nitrogens is 3. The van der Waals surface area contributed by atoms with Gasteiger partial charge in [-0.15, -0.1) is 0 Å². The molecule has 0 saturated heterocycles. The van der Waals surface area contributed by atoms with Crippen LogP contribution >= 0.6 is 7.81 Å². The number of hydrogen-bond acceptors (Lipinski definition) is 3. The van der Waals surface area contributed by atoms with Gasteiger partial charge >= 0.3 is 52.8 Å². The molecule has 3 nitrogen and oxygen atoms in total. The summed E-state index contributed by atoms with van der Waals surface area (Å²) in [5.41, 5.74) is 0. The van der Waals surface area contributed by atoms with Crippen LogP contribution in [0.3, 0.4) is 0 Å². The van der Waals surface area contributed by atoms with Gasteiger partial charge in [-0.2, -0.15) is 0 Å². The molecule has 0 aromatic carbocycles. The van der Waals surface area contributed by atoms with Crippen molar-refractivity contribution in [3.63, 3.8) is 0 Å². The molecule has 0 bridgehead atoms. The molecule has 0 atom stereocenters. The summed E-state index contributed by atoms with van der Waals surface area (Å²) in [4.78, 5) is 11.4. The molecular formula is C20H20F6N3OsP+. The fraction of sp³-hybridized carbons (Fsp3) is 0. The van der Waals surface area contributed by atoms with E-state index in [4.69, 9.17) is 0 Å². The van der Waals surface area contributed by atoms with E-state index in [2.05, 4.69) is 15.0 Å². The minimum atomic E-state index is -10.7. The van der Waals surface area contributed by atoms with Crippen LogP contribution < -0.4 is 0 Å². The van der Waals surface area contributed by atoms with Gasteiger partial charge in [0.25, 0.3) is 0 Å². The van der Waals surface area contributed by atoms with Crippen LogP contribution in [0.4, 0.5) is 25.2 Å². The van der Waals surface area contributed by atoms with Gasteiger partial charge in [0.15, 0.2) is 0 Å². The molecule has 0 unspecified atom stereocenters. The summed E-state index contributed by atoms with van der Waals surface area (Å²) < 4.78 is 59.2. The molecule has 0 spiro atoms. The van der Waals surface area contributed by atoms with Gasteiger partial charge in [0, 0.05) is 37.2 Å². The molecule has 1 fully saturated rings. The van der Waals surface area contributed by atoms with Crippen molar-refractivity contribution < 1.29 is 45.0 Å². The molecule has 0 amide bonds. The maximum atomic E-state index is 9.87. The Balaban J connectivity index is 0. The summed E-state index contributed by atoms with van der Waals surface area (Å²) in [6.07, 6.45) is 20.5. The Bertz CT molecular complexity index is 558. The molecule has 3 heterocycles. The zero-order valence-corrected chi connectivity index (χ0v) is 19.4. The zero-order valence-electron chi connectivity index (χ0n) is 16.0. The van der Waals surface area contributed by atoms with Gasteiger partial charge in [-0.3, -0.25) is 15.0 Å². The molecule has 0 N–H and O–H groups in total. The summed E-state index contributed by atoms with van der Waals surface area (Å²) >= 11 is 0. The monoisotopic (exact) mass is 639 g/mol. The second-order valence-corrected chi connectivity index (χ2v) is 6.91.